The van der Waals surface area contributed by atoms with Gasteiger partial charge in [-0.2, -0.15) is 0 Å². The number of amides is 1. The van der Waals surface area contributed by atoms with Gasteiger partial charge in [0.05, 0.1) is 0 Å². The molecule has 1 heterocycles. The van der Waals surface area contributed by atoms with Crippen molar-refractivity contribution in [3.63, 3.8) is 0 Å². The van der Waals surface area contributed by atoms with E-state index in [0.29, 0.717) is 10.6 Å². The number of carbonyl (C=O) groups is 1. The number of rotatable bonds is 3. The Morgan fingerprint density at radius 3 is 2.50 bits per heavy atom. The summed E-state index contributed by atoms with van der Waals surface area (Å²) in [5.41, 5.74) is 2.52. The van der Waals surface area contributed by atoms with E-state index in [9.17, 15) is 4.79 Å². The van der Waals surface area contributed by atoms with Crippen LogP contribution in [0.3, 0.4) is 0 Å². The van der Waals surface area contributed by atoms with Crippen LogP contribution >= 0.6 is 11.6 Å². The fourth-order valence-corrected chi connectivity index (χ4v) is 2.70. The summed E-state index contributed by atoms with van der Waals surface area (Å²) in [6, 6.07) is 14.9. The monoisotopic (exact) mass is 315 g/mol. The molecule has 0 unspecified atom stereocenters. The molecule has 114 valence electrons. The third kappa shape index (κ3) is 3.59. The number of nitrogens with zero attached hydrogens (tertiary/aromatic N) is 1. The van der Waals surface area contributed by atoms with Gasteiger partial charge in [0.15, 0.2) is 0 Å². The maximum Gasteiger partial charge on any atom is 0.255 e. The molecule has 2 N–H and O–H groups in total. The van der Waals surface area contributed by atoms with Crippen molar-refractivity contribution in [3.8, 4) is 0 Å². The van der Waals surface area contributed by atoms with Crippen molar-refractivity contribution in [3.05, 3.63) is 59.1 Å². The van der Waals surface area contributed by atoms with Crippen LogP contribution in [0.15, 0.2) is 48.5 Å². The Hall–Kier alpha value is -2.04. The first-order valence-electron chi connectivity index (χ1n) is 7.35. The zero-order valence-electron chi connectivity index (χ0n) is 12.2. The molecule has 0 saturated carbocycles. The molecule has 5 heteroatoms. The van der Waals surface area contributed by atoms with E-state index in [0.717, 1.165) is 31.9 Å². The highest BCUT2D eigenvalue weighted by Crippen LogP contribution is 2.19. The van der Waals surface area contributed by atoms with Crippen molar-refractivity contribution in [2.75, 3.05) is 36.4 Å². The number of anilines is 2. The Morgan fingerprint density at radius 1 is 1.09 bits per heavy atom. The molecule has 22 heavy (non-hydrogen) atoms. The van der Waals surface area contributed by atoms with Crippen LogP contribution in [0.2, 0.25) is 5.02 Å². The van der Waals surface area contributed by atoms with Crippen molar-refractivity contribution < 1.29 is 4.79 Å². The Bertz CT molecular complexity index is 651. The molecule has 3 rings (SSSR count). The predicted octanol–water partition coefficient (Wildman–Crippen LogP) is 3.00. The smallest absolute Gasteiger partial charge is 0.255 e. The maximum atomic E-state index is 12.2. The van der Waals surface area contributed by atoms with Crippen LogP contribution in [0, 0.1) is 0 Å². The highest BCUT2D eigenvalue weighted by atomic mass is 35.5. The lowest BCUT2D eigenvalue weighted by Crippen LogP contribution is -2.43. The lowest BCUT2D eigenvalue weighted by molar-refractivity contribution is 0.102. The van der Waals surface area contributed by atoms with Gasteiger partial charge in [-0.05, 0) is 42.5 Å². The van der Waals surface area contributed by atoms with Crippen LogP contribution in [0.4, 0.5) is 11.4 Å². The average molecular weight is 316 g/mol. The van der Waals surface area contributed by atoms with Gasteiger partial charge in [-0.3, -0.25) is 4.79 Å². The predicted molar refractivity (Wildman–Crippen MR) is 90.9 cm³/mol. The molecule has 4 nitrogen and oxygen atoms in total. The van der Waals surface area contributed by atoms with Crippen molar-refractivity contribution in [1.82, 2.24) is 5.32 Å². The third-order valence-corrected chi connectivity index (χ3v) is 3.93. The van der Waals surface area contributed by atoms with Gasteiger partial charge < -0.3 is 15.5 Å². The minimum absolute atomic E-state index is 0.155. The van der Waals surface area contributed by atoms with Crippen LogP contribution in [0.1, 0.15) is 10.4 Å². The van der Waals surface area contributed by atoms with Crippen molar-refractivity contribution in [2.45, 2.75) is 0 Å². The van der Waals surface area contributed by atoms with E-state index >= 15 is 0 Å². The fraction of sp³-hybridized carbons (Fsp3) is 0.235. The molecule has 0 spiro atoms. The first-order valence-corrected chi connectivity index (χ1v) is 7.73. The number of hydrogen-bond donors (Lipinski definition) is 2. The summed E-state index contributed by atoms with van der Waals surface area (Å²) in [5.74, 6) is -0.155. The van der Waals surface area contributed by atoms with Crippen LogP contribution in [0.25, 0.3) is 0 Å². The van der Waals surface area contributed by atoms with Gasteiger partial charge in [-0.1, -0.05) is 17.7 Å². The summed E-state index contributed by atoms with van der Waals surface area (Å²) in [6.45, 7) is 4.03. The minimum atomic E-state index is -0.155. The molecule has 0 bridgehead atoms. The van der Waals surface area contributed by atoms with Crippen molar-refractivity contribution in [2.24, 2.45) is 0 Å². The molecule has 0 atom stereocenters. The lowest BCUT2D eigenvalue weighted by Gasteiger charge is -2.29. The molecular formula is C17H18ClN3O. The number of carbonyl (C=O) groups excluding carboxylic acids is 1. The van der Waals surface area contributed by atoms with Gasteiger partial charge in [0.25, 0.3) is 5.91 Å². The SMILES string of the molecule is O=C(Nc1ccc(N2CCNCC2)cc1)c1cccc(Cl)c1. The minimum Gasteiger partial charge on any atom is -0.369 e. The van der Waals surface area contributed by atoms with Crippen LogP contribution in [-0.4, -0.2) is 32.1 Å². The normalized spacial score (nSPS) is 14.7. The summed E-state index contributed by atoms with van der Waals surface area (Å²) in [5, 5.41) is 6.78. The second-order valence-corrected chi connectivity index (χ2v) is 5.68. The molecule has 1 aliphatic rings. The molecule has 0 aromatic heterocycles. The van der Waals surface area contributed by atoms with Gasteiger partial charge >= 0.3 is 0 Å². The molecule has 2 aromatic carbocycles. The molecule has 1 aliphatic heterocycles. The topological polar surface area (TPSA) is 44.4 Å². The summed E-state index contributed by atoms with van der Waals surface area (Å²) in [6.07, 6.45) is 0. The largest absolute Gasteiger partial charge is 0.369 e. The zero-order chi connectivity index (χ0) is 15.4. The Balaban J connectivity index is 1.66. The summed E-state index contributed by atoms with van der Waals surface area (Å²) in [7, 11) is 0. The standard InChI is InChI=1S/C17H18ClN3O/c18-14-3-1-2-13(12-14)17(22)20-15-4-6-16(7-5-15)21-10-8-19-9-11-21/h1-7,12,19H,8-11H2,(H,20,22). The van der Waals surface area contributed by atoms with Gasteiger partial charge in [0, 0.05) is 48.1 Å². The lowest BCUT2D eigenvalue weighted by atomic mass is 10.2. The van der Waals surface area contributed by atoms with Crippen LogP contribution in [0.5, 0.6) is 0 Å². The maximum absolute atomic E-state index is 12.2. The van der Waals surface area contributed by atoms with E-state index < -0.39 is 0 Å². The van der Waals surface area contributed by atoms with Crippen LogP contribution in [-0.2, 0) is 0 Å². The molecule has 1 fully saturated rings. The zero-order valence-corrected chi connectivity index (χ0v) is 12.9. The van der Waals surface area contributed by atoms with Crippen LogP contribution < -0.4 is 15.5 Å². The van der Waals surface area contributed by atoms with Crippen molar-refractivity contribution >= 4 is 28.9 Å². The van der Waals surface area contributed by atoms with Gasteiger partial charge in [-0.15, -0.1) is 0 Å². The summed E-state index contributed by atoms with van der Waals surface area (Å²) in [4.78, 5) is 14.5. The molecule has 2 aromatic rings. The van der Waals surface area contributed by atoms with E-state index in [1.165, 1.54) is 5.69 Å². The first-order chi connectivity index (χ1) is 10.7. The van der Waals surface area contributed by atoms with E-state index in [2.05, 4.69) is 15.5 Å². The Kier molecular flexibility index (Phi) is 4.61. The highest BCUT2D eigenvalue weighted by molar-refractivity contribution is 6.31. The van der Waals surface area contributed by atoms with E-state index in [4.69, 9.17) is 11.6 Å². The summed E-state index contributed by atoms with van der Waals surface area (Å²) < 4.78 is 0. The second-order valence-electron chi connectivity index (χ2n) is 5.25. The number of nitrogens with one attached hydrogen (secondary N) is 2. The molecule has 1 amide bonds. The quantitative estimate of drug-likeness (QED) is 0.915. The van der Waals surface area contributed by atoms with Crippen molar-refractivity contribution in [1.29, 1.82) is 0 Å². The van der Waals surface area contributed by atoms with Gasteiger partial charge in [0.2, 0.25) is 0 Å². The molecule has 0 aliphatic carbocycles. The second kappa shape index (κ2) is 6.81. The molecule has 0 radical (unpaired) electrons. The number of piperazine rings is 1. The Labute approximate surface area is 135 Å². The van der Waals surface area contributed by atoms with E-state index in [-0.39, 0.29) is 5.91 Å². The fourth-order valence-electron chi connectivity index (χ4n) is 2.51. The third-order valence-electron chi connectivity index (χ3n) is 3.69. The first kappa shape index (κ1) is 14.9. The average Bonchev–Trinajstić information content (AvgIpc) is 2.56. The Morgan fingerprint density at radius 2 is 1.82 bits per heavy atom. The number of benzene rings is 2. The molecule has 1 saturated heterocycles. The number of halogens is 1. The van der Waals surface area contributed by atoms with E-state index in [1.54, 1.807) is 24.3 Å². The van der Waals surface area contributed by atoms with Gasteiger partial charge in [0.1, 0.15) is 0 Å². The highest BCUT2D eigenvalue weighted by Gasteiger charge is 2.11. The number of hydrogen-bond acceptors (Lipinski definition) is 3. The van der Waals surface area contributed by atoms with Gasteiger partial charge in [-0.25, -0.2) is 0 Å². The van der Waals surface area contributed by atoms with E-state index in [1.807, 2.05) is 24.3 Å². The summed E-state index contributed by atoms with van der Waals surface area (Å²) >= 11 is 5.91. The molecular weight excluding hydrogens is 298 g/mol.